The second kappa shape index (κ2) is 6.22. The number of rotatable bonds is 3. The van der Waals surface area contributed by atoms with Crippen LogP contribution in [0.5, 0.6) is 0 Å². The van der Waals surface area contributed by atoms with Crippen LogP contribution in [0.2, 0.25) is 0 Å². The second-order valence-corrected chi connectivity index (χ2v) is 8.92. The summed E-state index contributed by atoms with van der Waals surface area (Å²) in [5.74, 6) is 0. The van der Waals surface area contributed by atoms with Gasteiger partial charge in [0.25, 0.3) is 0 Å². The van der Waals surface area contributed by atoms with Crippen molar-refractivity contribution >= 4 is 16.5 Å². The minimum Gasteiger partial charge on any atom is -0.398 e. The van der Waals surface area contributed by atoms with Gasteiger partial charge in [-0.25, -0.2) is 0 Å². The molecule has 3 rings (SSSR count). The van der Waals surface area contributed by atoms with Crippen molar-refractivity contribution in [2.24, 2.45) is 5.41 Å². The van der Waals surface area contributed by atoms with E-state index in [4.69, 9.17) is 5.73 Å². The molecule has 0 unspecified atom stereocenters. The molecule has 2 N–H and O–H groups in total. The van der Waals surface area contributed by atoms with E-state index in [1.807, 2.05) is 0 Å². The standard InChI is InChI=1S/C24H29N/c1-23(2,3)16-24(4,5)21-20(17-11-7-6-8-12-17)15-18-13-9-10-14-19(18)22(21)25/h6-15H,16,25H2,1-5H3. The molecular weight excluding hydrogens is 302 g/mol. The normalized spacial score (nSPS) is 12.5. The smallest absolute Gasteiger partial charge is 0.0438 e. The van der Waals surface area contributed by atoms with Crippen molar-refractivity contribution in [1.29, 1.82) is 0 Å². The van der Waals surface area contributed by atoms with Crippen molar-refractivity contribution in [3.8, 4) is 11.1 Å². The third kappa shape index (κ3) is 3.56. The van der Waals surface area contributed by atoms with E-state index >= 15 is 0 Å². The summed E-state index contributed by atoms with van der Waals surface area (Å²) in [4.78, 5) is 0. The summed E-state index contributed by atoms with van der Waals surface area (Å²) in [5, 5.41) is 2.35. The molecule has 0 saturated heterocycles. The van der Waals surface area contributed by atoms with Crippen molar-refractivity contribution in [1.82, 2.24) is 0 Å². The van der Waals surface area contributed by atoms with Gasteiger partial charge in [0, 0.05) is 11.1 Å². The average molecular weight is 332 g/mol. The van der Waals surface area contributed by atoms with Gasteiger partial charge >= 0.3 is 0 Å². The van der Waals surface area contributed by atoms with Crippen molar-refractivity contribution < 1.29 is 0 Å². The molecule has 0 saturated carbocycles. The zero-order chi connectivity index (χ0) is 18.2. The second-order valence-electron chi connectivity index (χ2n) is 8.92. The molecule has 25 heavy (non-hydrogen) atoms. The van der Waals surface area contributed by atoms with Gasteiger partial charge in [-0.1, -0.05) is 89.2 Å². The molecule has 0 amide bonds. The summed E-state index contributed by atoms with van der Waals surface area (Å²) in [6.07, 6.45) is 1.07. The Morgan fingerprint density at radius 2 is 1.40 bits per heavy atom. The Kier molecular flexibility index (Phi) is 4.36. The highest BCUT2D eigenvalue weighted by atomic mass is 14.6. The predicted octanol–water partition coefficient (Wildman–Crippen LogP) is 6.80. The third-order valence-electron chi connectivity index (χ3n) is 4.82. The van der Waals surface area contributed by atoms with Crippen LogP contribution in [0.15, 0.2) is 60.7 Å². The molecule has 0 aliphatic heterocycles. The molecule has 0 aliphatic carbocycles. The van der Waals surface area contributed by atoms with E-state index in [1.165, 1.54) is 22.1 Å². The highest BCUT2D eigenvalue weighted by Crippen LogP contribution is 2.45. The summed E-state index contributed by atoms with van der Waals surface area (Å²) in [7, 11) is 0. The molecule has 0 radical (unpaired) electrons. The van der Waals surface area contributed by atoms with Gasteiger partial charge in [-0.2, -0.15) is 0 Å². The molecule has 0 spiro atoms. The minimum absolute atomic E-state index is 0.0163. The highest BCUT2D eigenvalue weighted by molar-refractivity contribution is 6.00. The first-order valence-electron chi connectivity index (χ1n) is 9.06. The Hall–Kier alpha value is -2.28. The molecule has 1 heteroatoms. The van der Waals surface area contributed by atoms with Gasteiger partial charge in [0.2, 0.25) is 0 Å². The van der Waals surface area contributed by atoms with E-state index in [9.17, 15) is 0 Å². The maximum Gasteiger partial charge on any atom is 0.0438 e. The quantitative estimate of drug-likeness (QED) is 0.524. The summed E-state index contributed by atoms with van der Waals surface area (Å²) < 4.78 is 0. The largest absolute Gasteiger partial charge is 0.398 e. The van der Waals surface area contributed by atoms with E-state index in [2.05, 4.69) is 95.3 Å². The minimum atomic E-state index is -0.0163. The Labute approximate surface area is 151 Å². The van der Waals surface area contributed by atoms with Gasteiger partial charge in [-0.15, -0.1) is 0 Å². The maximum absolute atomic E-state index is 6.76. The Balaban J connectivity index is 2.33. The Bertz CT molecular complexity index is 883. The van der Waals surface area contributed by atoms with Gasteiger partial charge < -0.3 is 5.73 Å². The van der Waals surface area contributed by atoms with Crippen LogP contribution in [0.1, 0.15) is 46.6 Å². The van der Waals surface area contributed by atoms with Crippen LogP contribution >= 0.6 is 0 Å². The number of nitrogens with two attached hydrogens (primary N) is 1. The molecule has 0 fully saturated rings. The molecule has 130 valence electrons. The molecular formula is C24H29N. The van der Waals surface area contributed by atoms with Crippen molar-refractivity contribution in [2.45, 2.75) is 46.5 Å². The number of hydrogen-bond acceptors (Lipinski definition) is 1. The molecule has 0 aliphatic rings. The molecule has 1 nitrogen and oxygen atoms in total. The summed E-state index contributed by atoms with van der Waals surface area (Å²) >= 11 is 0. The van der Waals surface area contributed by atoms with Gasteiger partial charge in [-0.05, 0) is 45.4 Å². The fraction of sp³-hybridized carbons (Fsp3) is 0.333. The van der Waals surface area contributed by atoms with Crippen LogP contribution in [0.3, 0.4) is 0 Å². The summed E-state index contributed by atoms with van der Waals surface area (Å²) in [6.45, 7) is 11.5. The monoisotopic (exact) mass is 331 g/mol. The average Bonchev–Trinajstić information content (AvgIpc) is 2.53. The van der Waals surface area contributed by atoms with Crippen LogP contribution < -0.4 is 5.73 Å². The predicted molar refractivity (Wildman–Crippen MR) is 111 cm³/mol. The third-order valence-corrected chi connectivity index (χ3v) is 4.82. The number of fused-ring (bicyclic) bond motifs is 1. The number of hydrogen-bond donors (Lipinski definition) is 1. The van der Waals surface area contributed by atoms with Gasteiger partial charge in [0.05, 0.1) is 0 Å². The first-order valence-corrected chi connectivity index (χ1v) is 9.06. The van der Waals surface area contributed by atoms with Crippen LogP contribution in [0, 0.1) is 5.41 Å². The van der Waals surface area contributed by atoms with Gasteiger partial charge in [0.1, 0.15) is 0 Å². The van der Waals surface area contributed by atoms with Crippen LogP contribution in [0.4, 0.5) is 5.69 Å². The number of benzene rings is 3. The molecule has 0 bridgehead atoms. The lowest BCUT2D eigenvalue weighted by atomic mass is 9.69. The van der Waals surface area contributed by atoms with E-state index in [0.29, 0.717) is 0 Å². The van der Waals surface area contributed by atoms with Crippen molar-refractivity contribution in [3.63, 3.8) is 0 Å². The molecule has 3 aromatic carbocycles. The fourth-order valence-corrected chi connectivity index (χ4v) is 4.36. The summed E-state index contributed by atoms with van der Waals surface area (Å²) in [6, 6.07) is 21.4. The Morgan fingerprint density at radius 1 is 0.800 bits per heavy atom. The zero-order valence-corrected chi connectivity index (χ0v) is 16.1. The molecule has 0 heterocycles. The summed E-state index contributed by atoms with van der Waals surface area (Å²) in [5.41, 5.74) is 11.7. The van der Waals surface area contributed by atoms with Gasteiger partial charge in [0.15, 0.2) is 0 Å². The highest BCUT2D eigenvalue weighted by Gasteiger charge is 2.32. The Morgan fingerprint density at radius 3 is 2.04 bits per heavy atom. The first kappa shape index (κ1) is 17.5. The molecule has 0 aromatic heterocycles. The van der Waals surface area contributed by atoms with E-state index < -0.39 is 0 Å². The first-order chi connectivity index (χ1) is 11.7. The number of nitrogen functional groups attached to an aromatic ring is 1. The zero-order valence-electron chi connectivity index (χ0n) is 16.1. The topological polar surface area (TPSA) is 26.0 Å². The van der Waals surface area contributed by atoms with Gasteiger partial charge in [-0.3, -0.25) is 0 Å². The lowest BCUT2D eigenvalue weighted by Crippen LogP contribution is -2.26. The van der Waals surface area contributed by atoms with Crippen LogP contribution in [-0.2, 0) is 5.41 Å². The maximum atomic E-state index is 6.76. The lowest BCUT2D eigenvalue weighted by molar-refractivity contribution is 0.285. The van der Waals surface area contributed by atoms with E-state index in [1.54, 1.807) is 0 Å². The van der Waals surface area contributed by atoms with E-state index in [-0.39, 0.29) is 10.8 Å². The molecule has 0 atom stereocenters. The molecule has 3 aromatic rings. The van der Waals surface area contributed by atoms with Crippen LogP contribution in [-0.4, -0.2) is 0 Å². The lowest BCUT2D eigenvalue weighted by Gasteiger charge is -2.36. The van der Waals surface area contributed by atoms with E-state index in [0.717, 1.165) is 17.5 Å². The van der Waals surface area contributed by atoms with Crippen molar-refractivity contribution in [2.75, 3.05) is 5.73 Å². The van der Waals surface area contributed by atoms with Crippen molar-refractivity contribution in [3.05, 3.63) is 66.2 Å². The van der Waals surface area contributed by atoms with Crippen LogP contribution in [0.25, 0.3) is 21.9 Å². The number of anilines is 1. The fourth-order valence-electron chi connectivity index (χ4n) is 4.36. The SMILES string of the molecule is CC(C)(C)CC(C)(C)c1c(-c2ccccc2)cc2ccccc2c1N.